The molecule has 0 radical (unpaired) electrons. The van der Waals surface area contributed by atoms with Crippen molar-refractivity contribution in [1.29, 1.82) is 0 Å². The number of amides is 1. The highest BCUT2D eigenvalue weighted by Crippen LogP contribution is 2.29. The van der Waals surface area contributed by atoms with Crippen molar-refractivity contribution in [3.63, 3.8) is 0 Å². The summed E-state index contributed by atoms with van der Waals surface area (Å²) in [6, 6.07) is 13.4. The van der Waals surface area contributed by atoms with E-state index < -0.39 is 0 Å². The predicted molar refractivity (Wildman–Crippen MR) is 162 cm³/mol. The summed E-state index contributed by atoms with van der Waals surface area (Å²) in [4.78, 5) is 41.0. The van der Waals surface area contributed by atoms with Crippen LogP contribution in [0.15, 0.2) is 52.0 Å². The number of esters is 1. The summed E-state index contributed by atoms with van der Waals surface area (Å²) in [5.74, 6) is 1.49. The van der Waals surface area contributed by atoms with E-state index in [0.717, 1.165) is 61.2 Å². The van der Waals surface area contributed by atoms with Gasteiger partial charge in [-0.15, -0.1) is 0 Å². The first-order valence-corrected chi connectivity index (χ1v) is 15.6. The molecule has 3 aromatic rings. The molecule has 1 unspecified atom stereocenters. The molecular formula is C30H36ClN5O5S. The molecule has 42 heavy (non-hydrogen) atoms. The number of nitrogens with zero attached hydrogens (tertiary/aromatic N) is 5. The predicted octanol–water partition coefficient (Wildman–Crippen LogP) is 4.90. The molecule has 0 bridgehead atoms. The summed E-state index contributed by atoms with van der Waals surface area (Å²) in [6.45, 7) is 6.70. The number of methoxy groups -OCH3 is 1. The van der Waals surface area contributed by atoms with Crippen LogP contribution in [0.2, 0.25) is 5.02 Å². The van der Waals surface area contributed by atoms with E-state index in [9.17, 15) is 9.59 Å². The Morgan fingerprint density at radius 3 is 2.62 bits per heavy atom. The van der Waals surface area contributed by atoms with Gasteiger partial charge in [-0.25, -0.2) is 9.97 Å². The number of carbonyl (C=O) groups is 2. The van der Waals surface area contributed by atoms with Gasteiger partial charge in [-0.3, -0.25) is 9.59 Å². The van der Waals surface area contributed by atoms with Gasteiger partial charge in [0.05, 0.1) is 41.3 Å². The highest BCUT2D eigenvalue weighted by Gasteiger charge is 2.31. The van der Waals surface area contributed by atoms with Crippen molar-refractivity contribution < 1.29 is 23.5 Å². The van der Waals surface area contributed by atoms with E-state index in [4.69, 9.17) is 30.5 Å². The molecule has 224 valence electrons. The fraction of sp³-hybridized carbons (Fsp3) is 0.467. The molecule has 0 aliphatic carbocycles. The number of hydrogen-bond acceptors (Lipinski definition) is 10. The Balaban J connectivity index is 1.21. The average molecular weight is 614 g/mol. The van der Waals surface area contributed by atoms with E-state index in [1.807, 2.05) is 24.3 Å². The van der Waals surface area contributed by atoms with Crippen LogP contribution in [-0.4, -0.2) is 79.7 Å². The number of para-hydroxylation sites is 1. The normalized spacial score (nSPS) is 17.4. The summed E-state index contributed by atoms with van der Waals surface area (Å²) in [5, 5.41) is 1.37. The molecule has 2 fully saturated rings. The number of piperazine rings is 1. The Morgan fingerprint density at radius 2 is 1.86 bits per heavy atom. The lowest BCUT2D eigenvalue weighted by Crippen LogP contribution is -2.47. The molecule has 0 spiro atoms. The van der Waals surface area contributed by atoms with Crippen molar-refractivity contribution in [2.75, 3.05) is 62.8 Å². The molecule has 5 rings (SSSR count). The van der Waals surface area contributed by atoms with Crippen LogP contribution < -0.4 is 9.80 Å². The highest BCUT2D eigenvalue weighted by atomic mass is 35.5. The SMILES string of the molecule is CCOC(=O)C1CCCN(C(=O)c2ccc(CSc3nc(COC)cc(N4CCN(c5ccccc5Cl)CC4)n3)o2)C1. The van der Waals surface area contributed by atoms with Gasteiger partial charge in [-0.05, 0) is 44.0 Å². The number of halogens is 1. The van der Waals surface area contributed by atoms with Crippen molar-refractivity contribution in [3.8, 4) is 0 Å². The molecule has 2 aromatic heterocycles. The smallest absolute Gasteiger partial charge is 0.310 e. The lowest BCUT2D eigenvalue weighted by atomic mass is 9.98. The zero-order valence-corrected chi connectivity index (χ0v) is 25.5. The van der Waals surface area contributed by atoms with Crippen LogP contribution in [0.4, 0.5) is 11.5 Å². The monoisotopic (exact) mass is 613 g/mol. The van der Waals surface area contributed by atoms with E-state index in [1.54, 1.807) is 31.1 Å². The van der Waals surface area contributed by atoms with E-state index in [2.05, 4.69) is 20.9 Å². The van der Waals surface area contributed by atoms with Gasteiger partial charge in [-0.1, -0.05) is 35.5 Å². The molecule has 2 saturated heterocycles. The first kappa shape index (κ1) is 30.2. The fourth-order valence-electron chi connectivity index (χ4n) is 5.27. The van der Waals surface area contributed by atoms with E-state index in [1.165, 1.54) is 11.8 Å². The first-order chi connectivity index (χ1) is 20.4. The van der Waals surface area contributed by atoms with Gasteiger partial charge in [0.1, 0.15) is 11.6 Å². The summed E-state index contributed by atoms with van der Waals surface area (Å²) in [6.07, 6.45) is 1.48. The van der Waals surface area contributed by atoms with Crippen molar-refractivity contribution in [3.05, 3.63) is 64.7 Å². The van der Waals surface area contributed by atoms with E-state index >= 15 is 0 Å². The molecule has 2 aliphatic heterocycles. The number of benzene rings is 1. The van der Waals surface area contributed by atoms with Crippen LogP contribution in [-0.2, 0) is 26.6 Å². The maximum absolute atomic E-state index is 13.1. The molecule has 10 nitrogen and oxygen atoms in total. The standard InChI is InChI=1S/C30H36ClN5O5S/c1-3-40-29(38)21-7-6-12-36(18-21)28(37)26-11-10-23(41-26)20-42-30-32-22(19-39-2)17-27(33-30)35-15-13-34(14-16-35)25-9-5-4-8-24(25)31/h4-5,8-11,17,21H,3,6-7,12-16,18-20H2,1-2H3. The zero-order valence-electron chi connectivity index (χ0n) is 24.0. The van der Waals surface area contributed by atoms with Crippen molar-refractivity contribution in [2.24, 2.45) is 5.92 Å². The molecular weight excluding hydrogens is 578 g/mol. The number of aromatic nitrogens is 2. The number of thioether (sulfide) groups is 1. The zero-order chi connectivity index (χ0) is 29.5. The van der Waals surface area contributed by atoms with Crippen LogP contribution in [0, 0.1) is 5.92 Å². The molecule has 1 aromatic carbocycles. The maximum Gasteiger partial charge on any atom is 0.310 e. The number of ether oxygens (including phenoxy) is 2. The quantitative estimate of drug-likeness (QED) is 0.178. The maximum atomic E-state index is 13.1. The lowest BCUT2D eigenvalue weighted by Gasteiger charge is -2.37. The van der Waals surface area contributed by atoms with Gasteiger partial charge in [0.25, 0.3) is 5.91 Å². The number of furan rings is 1. The van der Waals surface area contributed by atoms with Gasteiger partial charge in [0.2, 0.25) is 0 Å². The third kappa shape index (κ3) is 7.37. The number of carbonyl (C=O) groups excluding carboxylic acids is 2. The number of anilines is 2. The van der Waals surface area contributed by atoms with Crippen LogP contribution in [0.3, 0.4) is 0 Å². The van der Waals surface area contributed by atoms with Crippen LogP contribution in [0.1, 0.15) is 41.8 Å². The number of rotatable bonds is 10. The second-order valence-corrected chi connectivity index (χ2v) is 11.6. The third-order valence-corrected chi connectivity index (χ3v) is 8.57. The molecule has 1 atom stereocenters. The largest absolute Gasteiger partial charge is 0.466 e. The molecule has 0 N–H and O–H groups in total. The minimum absolute atomic E-state index is 0.211. The van der Waals surface area contributed by atoms with Gasteiger partial charge < -0.3 is 28.6 Å². The Labute approximate surface area is 255 Å². The Morgan fingerprint density at radius 1 is 1.07 bits per heavy atom. The molecule has 12 heteroatoms. The molecule has 4 heterocycles. The Hall–Kier alpha value is -3.28. The third-order valence-electron chi connectivity index (χ3n) is 7.38. The Kier molecular flexibility index (Phi) is 10.2. The van der Waals surface area contributed by atoms with Gasteiger partial charge >= 0.3 is 5.97 Å². The second kappa shape index (κ2) is 14.3. The minimum Gasteiger partial charge on any atom is -0.466 e. The molecule has 0 saturated carbocycles. The minimum atomic E-state index is -0.294. The fourth-order valence-corrected chi connectivity index (χ4v) is 6.29. The van der Waals surface area contributed by atoms with Crippen LogP contribution in [0.25, 0.3) is 0 Å². The topological polar surface area (TPSA) is 101 Å². The van der Waals surface area contributed by atoms with E-state index in [-0.39, 0.29) is 23.6 Å². The summed E-state index contributed by atoms with van der Waals surface area (Å²) >= 11 is 7.87. The van der Waals surface area contributed by atoms with E-state index in [0.29, 0.717) is 43.0 Å². The van der Waals surface area contributed by atoms with Crippen LogP contribution in [0.5, 0.6) is 0 Å². The van der Waals surface area contributed by atoms with Gasteiger partial charge in [0.15, 0.2) is 10.9 Å². The molecule has 1 amide bonds. The van der Waals surface area contributed by atoms with Crippen molar-refractivity contribution in [1.82, 2.24) is 14.9 Å². The summed E-state index contributed by atoms with van der Waals surface area (Å²) in [5.41, 5.74) is 1.85. The second-order valence-electron chi connectivity index (χ2n) is 10.3. The summed E-state index contributed by atoms with van der Waals surface area (Å²) in [7, 11) is 1.65. The Bertz CT molecular complexity index is 1380. The average Bonchev–Trinajstić information content (AvgIpc) is 3.49. The highest BCUT2D eigenvalue weighted by molar-refractivity contribution is 7.98. The van der Waals surface area contributed by atoms with Crippen molar-refractivity contribution >= 4 is 46.7 Å². The van der Waals surface area contributed by atoms with Crippen molar-refractivity contribution in [2.45, 2.75) is 37.3 Å². The van der Waals surface area contributed by atoms with Gasteiger partial charge in [-0.2, -0.15) is 0 Å². The molecule has 2 aliphatic rings. The number of piperidine rings is 1. The number of likely N-dealkylation sites (tertiary alicyclic amines) is 1. The lowest BCUT2D eigenvalue weighted by molar-refractivity contribution is -0.149. The summed E-state index contributed by atoms with van der Waals surface area (Å²) < 4.78 is 16.4. The van der Waals surface area contributed by atoms with Crippen LogP contribution >= 0.6 is 23.4 Å². The number of hydrogen-bond donors (Lipinski definition) is 0. The first-order valence-electron chi connectivity index (χ1n) is 14.2. The van der Waals surface area contributed by atoms with Gasteiger partial charge in [0, 0.05) is 52.4 Å².